The predicted molar refractivity (Wildman–Crippen MR) is 156 cm³/mol. The summed E-state index contributed by atoms with van der Waals surface area (Å²) >= 11 is 0. The minimum atomic E-state index is 0.540. The first-order chi connectivity index (χ1) is 19.7. The van der Waals surface area contributed by atoms with E-state index in [1.54, 1.807) is 6.07 Å². The lowest BCUT2D eigenvalue weighted by Gasteiger charge is -2.11. The molecule has 5 aromatic carbocycles. The molecule has 0 atom stereocenters. The Morgan fingerprint density at radius 1 is 0.350 bits per heavy atom. The SMILES string of the molecule is N#Cc1cccc(-c2cc(C#N)cc(-c3cccc(-c4nc(-c5ccccc5)nc(-c5ccccc5)n4)c3)c2)c1. The zero-order valence-corrected chi connectivity index (χ0v) is 21.4. The van der Waals surface area contributed by atoms with Crippen LogP contribution >= 0.6 is 0 Å². The zero-order valence-electron chi connectivity index (χ0n) is 21.4. The number of rotatable bonds is 5. The van der Waals surface area contributed by atoms with Crippen molar-refractivity contribution >= 4 is 0 Å². The van der Waals surface area contributed by atoms with Gasteiger partial charge < -0.3 is 0 Å². The van der Waals surface area contributed by atoms with Crippen LogP contribution in [-0.4, -0.2) is 15.0 Å². The molecule has 0 bridgehead atoms. The average Bonchev–Trinajstić information content (AvgIpc) is 3.05. The van der Waals surface area contributed by atoms with Gasteiger partial charge in [0.1, 0.15) is 0 Å². The van der Waals surface area contributed by atoms with Crippen LogP contribution in [0.4, 0.5) is 0 Å². The number of aromatic nitrogens is 3. The standard InChI is InChI=1S/C35H21N5/c36-22-24-9-7-14-28(17-24)31-18-25(23-37)19-32(21-31)29-15-8-16-30(20-29)35-39-33(26-10-3-1-4-11-26)38-34(40-35)27-12-5-2-6-13-27/h1-21H. The first-order valence-corrected chi connectivity index (χ1v) is 12.7. The Balaban J connectivity index is 1.47. The molecule has 0 N–H and O–H groups in total. The van der Waals surface area contributed by atoms with Gasteiger partial charge in [-0.05, 0) is 58.7 Å². The molecule has 5 nitrogen and oxygen atoms in total. The molecule has 0 saturated carbocycles. The van der Waals surface area contributed by atoms with Crippen molar-refractivity contribution in [3.63, 3.8) is 0 Å². The Labute approximate surface area is 232 Å². The minimum Gasteiger partial charge on any atom is -0.208 e. The largest absolute Gasteiger partial charge is 0.208 e. The maximum atomic E-state index is 9.76. The highest BCUT2D eigenvalue weighted by atomic mass is 15.0. The van der Waals surface area contributed by atoms with Crippen LogP contribution in [-0.2, 0) is 0 Å². The third-order valence-corrected chi connectivity index (χ3v) is 6.54. The van der Waals surface area contributed by atoms with Gasteiger partial charge >= 0.3 is 0 Å². The molecular formula is C35H21N5. The number of nitrogens with zero attached hydrogens (tertiary/aromatic N) is 5. The molecule has 1 aromatic heterocycles. The molecule has 0 saturated heterocycles. The first-order valence-electron chi connectivity index (χ1n) is 12.7. The van der Waals surface area contributed by atoms with E-state index in [1.165, 1.54) is 0 Å². The molecule has 0 unspecified atom stereocenters. The van der Waals surface area contributed by atoms with Crippen LogP contribution in [0.5, 0.6) is 0 Å². The highest BCUT2D eigenvalue weighted by Crippen LogP contribution is 2.32. The minimum absolute atomic E-state index is 0.540. The van der Waals surface area contributed by atoms with E-state index in [9.17, 15) is 10.5 Å². The van der Waals surface area contributed by atoms with E-state index in [0.29, 0.717) is 28.6 Å². The van der Waals surface area contributed by atoms with Gasteiger partial charge in [-0.15, -0.1) is 0 Å². The molecule has 40 heavy (non-hydrogen) atoms. The molecular weight excluding hydrogens is 490 g/mol. The number of nitriles is 2. The molecule has 186 valence electrons. The average molecular weight is 512 g/mol. The summed E-state index contributed by atoms with van der Waals surface area (Å²) in [5.74, 6) is 1.76. The molecule has 5 heteroatoms. The summed E-state index contributed by atoms with van der Waals surface area (Å²) in [5, 5.41) is 19.1. The molecule has 0 amide bonds. The quantitative estimate of drug-likeness (QED) is 0.234. The molecule has 0 aliphatic carbocycles. The number of benzene rings is 5. The molecule has 0 aliphatic heterocycles. The highest BCUT2D eigenvalue weighted by Gasteiger charge is 2.13. The maximum absolute atomic E-state index is 9.76. The van der Waals surface area contributed by atoms with Gasteiger partial charge in [0.25, 0.3) is 0 Å². The van der Waals surface area contributed by atoms with Crippen LogP contribution < -0.4 is 0 Å². The Morgan fingerprint density at radius 2 is 0.750 bits per heavy atom. The van der Waals surface area contributed by atoms with Crippen molar-refractivity contribution in [3.05, 3.63) is 139 Å². The van der Waals surface area contributed by atoms with E-state index in [-0.39, 0.29) is 0 Å². The van der Waals surface area contributed by atoms with Gasteiger partial charge in [-0.2, -0.15) is 10.5 Å². The summed E-state index contributed by atoms with van der Waals surface area (Å²) in [6.45, 7) is 0. The summed E-state index contributed by atoms with van der Waals surface area (Å²) in [5.41, 5.74) is 7.33. The third-order valence-electron chi connectivity index (χ3n) is 6.54. The summed E-state index contributed by atoms with van der Waals surface area (Å²) < 4.78 is 0. The van der Waals surface area contributed by atoms with Gasteiger partial charge in [0.05, 0.1) is 23.3 Å². The molecule has 1 heterocycles. The van der Waals surface area contributed by atoms with Gasteiger partial charge in [-0.25, -0.2) is 15.0 Å². The van der Waals surface area contributed by atoms with Gasteiger partial charge in [0.15, 0.2) is 17.5 Å². The molecule has 0 fully saturated rings. The van der Waals surface area contributed by atoms with Crippen molar-refractivity contribution in [3.8, 4) is 68.6 Å². The Kier molecular flexibility index (Phi) is 6.61. The van der Waals surface area contributed by atoms with E-state index < -0.39 is 0 Å². The lowest BCUT2D eigenvalue weighted by molar-refractivity contribution is 1.07. The topological polar surface area (TPSA) is 86.2 Å². The summed E-state index contributed by atoms with van der Waals surface area (Å²) in [6, 6.07) is 45.3. The predicted octanol–water partition coefficient (Wildman–Crippen LogP) is 7.95. The van der Waals surface area contributed by atoms with Crippen LogP contribution in [0.15, 0.2) is 127 Å². The van der Waals surface area contributed by atoms with Crippen LogP contribution in [0, 0.1) is 22.7 Å². The smallest absolute Gasteiger partial charge is 0.164 e. The van der Waals surface area contributed by atoms with Gasteiger partial charge in [-0.1, -0.05) is 91.0 Å². The monoisotopic (exact) mass is 511 g/mol. The first kappa shape index (κ1) is 24.4. The summed E-state index contributed by atoms with van der Waals surface area (Å²) in [7, 11) is 0. The second-order valence-corrected chi connectivity index (χ2v) is 9.22. The summed E-state index contributed by atoms with van der Waals surface area (Å²) in [6.07, 6.45) is 0. The Morgan fingerprint density at radius 3 is 1.30 bits per heavy atom. The Bertz CT molecular complexity index is 1860. The van der Waals surface area contributed by atoms with Crippen molar-refractivity contribution in [2.24, 2.45) is 0 Å². The van der Waals surface area contributed by atoms with Crippen molar-refractivity contribution in [2.75, 3.05) is 0 Å². The van der Waals surface area contributed by atoms with Crippen molar-refractivity contribution in [1.82, 2.24) is 15.0 Å². The summed E-state index contributed by atoms with van der Waals surface area (Å²) in [4.78, 5) is 14.5. The fraction of sp³-hybridized carbons (Fsp3) is 0. The third kappa shape index (κ3) is 5.09. The van der Waals surface area contributed by atoms with Crippen LogP contribution in [0.1, 0.15) is 11.1 Å². The molecule has 6 aromatic rings. The number of hydrogen-bond acceptors (Lipinski definition) is 5. The van der Waals surface area contributed by atoms with E-state index >= 15 is 0 Å². The second kappa shape index (κ2) is 10.8. The highest BCUT2D eigenvalue weighted by molar-refractivity contribution is 5.78. The van der Waals surface area contributed by atoms with E-state index in [4.69, 9.17) is 15.0 Å². The lowest BCUT2D eigenvalue weighted by Crippen LogP contribution is -2.00. The Hall–Kier alpha value is -5.91. The van der Waals surface area contributed by atoms with E-state index in [0.717, 1.165) is 38.9 Å². The number of hydrogen-bond donors (Lipinski definition) is 0. The lowest BCUT2D eigenvalue weighted by atomic mass is 9.95. The second-order valence-electron chi connectivity index (χ2n) is 9.22. The van der Waals surface area contributed by atoms with E-state index in [1.807, 2.05) is 121 Å². The molecule has 0 aliphatic rings. The maximum Gasteiger partial charge on any atom is 0.164 e. The van der Waals surface area contributed by atoms with E-state index in [2.05, 4.69) is 12.1 Å². The fourth-order valence-electron chi connectivity index (χ4n) is 4.57. The van der Waals surface area contributed by atoms with Gasteiger partial charge in [-0.3, -0.25) is 0 Å². The van der Waals surface area contributed by atoms with Crippen molar-refractivity contribution < 1.29 is 0 Å². The van der Waals surface area contributed by atoms with Crippen molar-refractivity contribution in [2.45, 2.75) is 0 Å². The van der Waals surface area contributed by atoms with Crippen molar-refractivity contribution in [1.29, 1.82) is 10.5 Å². The van der Waals surface area contributed by atoms with Crippen LogP contribution in [0.25, 0.3) is 56.4 Å². The van der Waals surface area contributed by atoms with Crippen LogP contribution in [0.2, 0.25) is 0 Å². The normalized spacial score (nSPS) is 10.4. The van der Waals surface area contributed by atoms with Gasteiger partial charge in [0, 0.05) is 16.7 Å². The van der Waals surface area contributed by atoms with Crippen LogP contribution in [0.3, 0.4) is 0 Å². The molecule has 0 radical (unpaired) electrons. The fourth-order valence-corrected chi connectivity index (χ4v) is 4.57. The molecule has 0 spiro atoms. The molecule has 6 rings (SSSR count). The van der Waals surface area contributed by atoms with Gasteiger partial charge in [0.2, 0.25) is 0 Å². The zero-order chi connectivity index (χ0) is 27.3.